The molecule has 3 nitrogen and oxygen atoms in total. The number of rotatable bonds is 7. The van der Waals surface area contributed by atoms with E-state index in [1.807, 2.05) is 0 Å². The highest BCUT2D eigenvalue weighted by Crippen LogP contribution is 2.39. The molecule has 2 rings (SSSR count). The number of aliphatic hydroxyl groups is 1. The molecule has 112 valence electrons. The van der Waals surface area contributed by atoms with Crippen molar-refractivity contribution in [1.82, 2.24) is 10.2 Å². The van der Waals surface area contributed by atoms with E-state index in [1.165, 1.54) is 64.6 Å². The number of hydrogen-bond acceptors (Lipinski definition) is 3. The maximum atomic E-state index is 9.37. The third-order valence-electron chi connectivity index (χ3n) is 5.01. The van der Waals surface area contributed by atoms with Gasteiger partial charge in [0.05, 0.1) is 0 Å². The van der Waals surface area contributed by atoms with Crippen molar-refractivity contribution in [2.45, 2.75) is 51.9 Å². The van der Waals surface area contributed by atoms with Gasteiger partial charge in [-0.05, 0) is 56.5 Å². The lowest BCUT2D eigenvalue weighted by Crippen LogP contribution is -2.46. The molecular weight excluding hydrogens is 236 g/mol. The summed E-state index contributed by atoms with van der Waals surface area (Å²) in [5, 5.41) is 13.0. The predicted octanol–water partition coefficient (Wildman–Crippen LogP) is 2.25. The van der Waals surface area contributed by atoms with Gasteiger partial charge in [-0.15, -0.1) is 0 Å². The number of nitrogens with one attached hydrogen (secondary N) is 1. The number of aliphatic hydroxyl groups excluding tert-OH is 1. The molecule has 0 aromatic heterocycles. The molecular formula is C16H32N2O. The Morgan fingerprint density at radius 2 is 2.05 bits per heavy atom. The first-order valence-electron chi connectivity index (χ1n) is 8.32. The summed E-state index contributed by atoms with van der Waals surface area (Å²) in [5.41, 5.74) is 0.520. The van der Waals surface area contributed by atoms with Crippen LogP contribution in [0.3, 0.4) is 0 Å². The van der Waals surface area contributed by atoms with Crippen molar-refractivity contribution in [2.24, 2.45) is 11.3 Å². The van der Waals surface area contributed by atoms with Gasteiger partial charge in [-0.25, -0.2) is 0 Å². The standard InChI is InChI=1S/C16H32N2O/c1-2-9-17-13-16(7-3-4-8-16)14-18-10-5-6-15(11-18)12-19/h15,17,19H,2-14H2,1H3. The van der Waals surface area contributed by atoms with Crippen molar-refractivity contribution >= 4 is 0 Å². The van der Waals surface area contributed by atoms with Gasteiger partial charge in [0, 0.05) is 26.2 Å². The molecule has 0 aromatic carbocycles. The Morgan fingerprint density at radius 3 is 2.74 bits per heavy atom. The van der Waals surface area contributed by atoms with E-state index in [0.717, 1.165) is 13.1 Å². The molecule has 1 aliphatic carbocycles. The van der Waals surface area contributed by atoms with Gasteiger partial charge in [-0.2, -0.15) is 0 Å². The Morgan fingerprint density at radius 1 is 1.26 bits per heavy atom. The van der Waals surface area contributed by atoms with Crippen LogP contribution in [0.1, 0.15) is 51.9 Å². The van der Waals surface area contributed by atoms with Gasteiger partial charge < -0.3 is 15.3 Å². The van der Waals surface area contributed by atoms with Crippen LogP contribution in [0.2, 0.25) is 0 Å². The molecule has 19 heavy (non-hydrogen) atoms. The van der Waals surface area contributed by atoms with E-state index in [2.05, 4.69) is 17.1 Å². The Labute approximate surface area is 118 Å². The third-order valence-corrected chi connectivity index (χ3v) is 5.01. The molecule has 0 aromatic rings. The zero-order chi connectivity index (χ0) is 13.6. The monoisotopic (exact) mass is 268 g/mol. The molecule has 2 N–H and O–H groups in total. The molecule has 1 saturated heterocycles. The lowest BCUT2D eigenvalue weighted by atomic mass is 9.84. The van der Waals surface area contributed by atoms with E-state index >= 15 is 0 Å². The van der Waals surface area contributed by atoms with Crippen molar-refractivity contribution in [3.8, 4) is 0 Å². The Bertz CT molecular complexity index is 251. The summed E-state index contributed by atoms with van der Waals surface area (Å²) in [6.45, 7) is 8.57. The zero-order valence-electron chi connectivity index (χ0n) is 12.7. The van der Waals surface area contributed by atoms with E-state index in [9.17, 15) is 5.11 Å². The van der Waals surface area contributed by atoms with Gasteiger partial charge >= 0.3 is 0 Å². The summed E-state index contributed by atoms with van der Waals surface area (Å²) in [7, 11) is 0. The second-order valence-electron chi connectivity index (χ2n) is 6.81. The van der Waals surface area contributed by atoms with Crippen LogP contribution < -0.4 is 5.32 Å². The summed E-state index contributed by atoms with van der Waals surface area (Å²) in [6, 6.07) is 0. The lowest BCUT2D eigenvalue weighted by molar-refractivity contribution is 0.0788. The molecule has 1 aliphatic heterocycles. The molecule has 1 unspecified atom stereocenters. The summed E-state index contributed by atoms with van der Waals surface area (Å²) >= 11 is 0. The van der Waals surface area contributed by atoms with Gasteiger partial charge in [-0.1, -0.05) is 19.8 Å². The van der Waals surface area contributed by atoms with Crippen LogP contribution in [0.5, 0.6) is 0 Å². The summed E-state index contributed by atoms with van der Waals surface area (Å²) in [6.07, 6.45) is 9.31. The second kappa shape index (κ2) is 7.61. The highest BCUT2D eigenvalue weighted by atomic mass is 16.3. The summed E-state index contributed by atoms with van der Waals surface area (Å²) in [5.74, 6) is 0.524. The largest absolute Gasteiger partial charge is 0.396 e. The SMILES string of the molecule is CCCNCC1(CN2CCCC(CO)C2)CCCC1. The fraction of sp³-hybridized carbons (Fsp3) is 1.00. The zero-order valence-corrected chi connectivity index (χ0v) is 12.7. The second-order valence-corrected chi connectivity index (χ2v) is 6.81. The van der Waals surface area contributed by atoms with E-state index in [0.29, 0.717) is 17.9 Å². The average Bonchev–Trinajstić information content (AvgIpc) is 2.88. The Hall–Kier alpha value is -0.120. The molecule has 1 atom stereocenters. The highest BCUT2D eigenvalue weighted by molar-refractivity contribution is 4.90. The van der Waals surface area contributed by atoms with Gasteiger partial charge in [0.1, 0.15) is 0 Å². The Balaban J connectivity index is 1.85. The topological polar surface area (TPSA) is 35.5 Å². The van der Waals surface area contributed by atoms with Crippen LogP contribution in [0.4, 0.5) is 0 Å². The minimum absolute atomic E-state index is 0.373. The van der Waals surface area contributed by atoms with Crippen LogP contribution in [-0.4, -0.2) is 49.3 Å². The molecule has 1 heterocycles. The molecule has 0 radical (unpaired) electrons. The highest BCUT2D eigenvalue weighted by Gasteiger charge is 2.36. The minimum Gasteiger partial charge on any atom is -0.396 e. The number of nitrogens with zero attached hydrogens (tertiary/aromatic N) is 1. The van der Waals surface area contributed by atoms with Crippen molar-refractivity contribution in [2.75, 3.05) is 39.3 Å². The van der Waals surface area contributed by atoms with Crippen molar-refractivity contribution in [3.05, 3.63) is 0 Å². The molecule has 2 fully saturated rings. The molecule has 2 aliphatic rings. The first kappa shape index (κ1) is 15.3. The van der Waals surface area contributed by atoms with E-state index < -0.39 is 0 Å². The van der Waals surface area contributed by atoms with Crippen molar-refractivity contribution < 1.29 is 5.11 Å². The van der Waals surface area contributed by atoms with E-state index in [-0.39, 0.29) is 0 Å². The smallest absolute Gasteiger partial charge is 0.0471 e. The summed E-state index contributed by atoms with van der Waals surface area (Å²) in [4.78, 5) is 2.63. The van der Waals surface area contributed by atoms with Crippen molar-refractivity contribution in [1.29, 1.82) is 0 Å². The normalized spacial score (nSPS) is 27.8. The lowest BCUT2D eigenvalue weighted by Gasteiger charge is -2.39. The molecule has 0 amide bonds. The van der Waals surface area contributed by atoms with E-state index in [1.54, 1.807) is 0 Å². The van der Waals surface area contributed by atoms with Gasteiger partial charge in [0.2, 0.25) is 0 Å². The Kier molecular flexibility index (Phi) is 6.11. The predicted molar refractivity (Wildman–Crippen MR) is 80.3 cm³/mol. The van der Waals surface area contributed by atoms with Crippen LogP contribution >= 0.6 is 0 Å². The molecule has 3 heteroatoms. The minimum atomic E-state index is 0.373. The van der Waals surface area contributed by atoms with Crippen LogP contribution in [0, 0.1) is 11.3 Å². The van der Waals surface area contributed by atoms with Crippen LogP contribution in [0.15, 0.2) is 0 Å². The van der Waals surface area contributed by atoms with Gasteiger partial charge in [-0.3, -0.25) is 0 Å². The summed E-state index contributed by atoms with van der Waals surface area (Å²) < 4.78 is 0. The maximum Gasteiger partial charge on any atom is 0.0471 e. The van der Waals surface area contributed by atoms with Crippen LogP contribution in [0.25, 0.3) is 0 Å². The third kappa shape index (κ3) is 4.44. The van der Waals surface area contributed by atoms with Gasteiger partial charge in [0.15, 0.2) is 0 Å². The number of likely N-dealkylation sites (tertiary alicyclic amines) is 1. The van der Waals surface area contributed by atoms with Gasteiger partial charge in [0.25, 0.3) is 0 Å². The first-order valence-corrected chi connectivity index (χ1v) is 8.32. The number of piperidine rings is 1. The fourth-order valence-electron chi connectivity index (χ4n) is 3.96. The molecule has 0 bridgehead atoms. The van der Waals surface area contributed by atoms with Crippen LogP contribution in [-0.2, 0) is 0 Å². The van der Waals surface area contributed by atoms with E-state index in [4.69, 9.17) is 0 Å². The quantitative estimate of drug-likeness (QED) is 0.695. The fourth-order valence-corrected chi connectivity index (χ4v) is 3.96. The average molecular weight is 268 g/mol. The number of hydrogen-bond donors (Lipinski definition) is 2. The molecule has 0 spiro atoms. The molecule has 1 saturated carbocycles. The first-order chi connectivity index (χ1) is 9.28. The maximum absolute atomic E-state index is 9.37. The van der Waals surface area contributed by atoms with Crippen molar-refractivity contribution in [3.63, 3.8) is 0 Å².